The molecule has 0 bridgehead atoms. The Morgan fingerprint density at radius 2 is 1.71 bits per heavy atom. The smallest absolute Gasteiger partial charge is 0.258 e. The molecule has 14 heavy (non-hydrogen) atoms. The number of terminal acetylenes is 1. The molecule has 0 saturated heterocycles. The second-order valence-corrected chi connectivity index (χ2v) is 2.36. The minimum absolute atomic E-state index is 0.238. The van der Waals surface area contributed by atoms with E-state index in [1.807, 2.05) is 0 Å². The summed E-state index contributed by atoms with van der Waals surface area (Å²) >= 11 is 0. The third-order valence-electron chi connectivity index (χ3n) is 1.54. The van der Waals surface area contributed by atoms with Gasteiger partial charge < -0.3 is 0 Å². The van der Waals surface area contributed by atoms with Crippen LogP contribution in [0.3, 0.4) is 0 Å². The molecule has 1 rings (SSSR count). The summed E-state index contributed by atoms with van der Waals surface area (Å²) in [5.41, 5.74) is -0.915. The van der Waals surface area contributed by atoms with Gasteiger partial charge >= 0.3 is 11.4 Å². The first-order valence-electron chi connectivity index (χ1n) is 3.45. The molecule has 0 aliphatic rings. The van der Waals surface area contributed by atoms with Crippen molar-refractivity contribution in [2.24, 2.45) is 0 Å². The fourth-order valence-corrected chi connectivity index (χ4v) is 0.914. The summed E-state index contributed by atoms with van der Waals surface area (Å²) in [6.45, 7) is 0. The summed E-state index contributed by atoms with van der Waals surface area (Å²) in [7, 11) is 0. The quantitative estimate of drug-likeness (QED) is 0.403. The number of nitrogens with zero attached hydrogens (tertiary/aromatic N) is 2. The van der Waals surface area contributed by atoms with Gasteiger partial charge in [-0.1, -0.05) is 5.92 Å². The lowest BCUT2D eigenvalue weighted by Gasteiger charge is -1.94. The van der Waals surface area contributed by atoms with Gasteiger partial charge in [0.15, 0.2) is 0 Å². The molecule has 6 heteroatoms. The lowest BCUT2D eigenvalue weighted by Crippen LogP contribution is -1.96. The van der Waals surface area contributed by atoms with Crippen molar-refractivity contribution in [1.29, 1.82) is 0 Å². The van der Waals surface area contributed by atoms with E-state index in [1.165, 1.54) is 6.07 Å². The van der Waals surface area contributed by atoms with E-state index in [0.717, 1.165) is 12.1 Å². The fourth-order valence-electron chi connectivity index (χ4n) is 0.914. The first-order valence-corrected chi connectivity index (χ1v) is 3.45. The number of benzene rings is 1. The number of hydrogen-bond acceptors (Lipinski definition) is 4. The predicted octanol–water partition coefficient (Wildman–Crippen LogP) is 1.48. The van der Waals surface area contributed by atoms with Gasteiger partial charge in [-0.2, -0.15) is 0 Å². The fraction of sp³-hybridized carbons (Fsp3) is 0. The highest BCUT2D eigenvalue weighted by Crippen LogP contribution is 2.26. The monoisotopic (exact) mass is 192 g/mol. The van der Waals surface area contributed by atoms with Gasteiger partial charge in [0.2, 0.25) is 0 Å². The Balaban J connectivity index is 3.40. The van der Waals surface area contributed by atoms with Crippen LogP contribution in [0.2, 0.25) is 0 Å². The minimum Gasteiger partial charge on any atom is -0.258 e. The molecule has 1 aromatic carbocycles. The number of nitro benzene ring substituents is 2. The SMILES string of the molecule is C#Cc1ccc([N+](=O)[O-])c([N+](=O)[O-])c1. The lowest BCUT2D eigenvalue weighted by molar-refractivity contribution is -0.422. The van der Waals surface area contributed by atoms with Crippen LogP contribution in [0.15, 0.2) is 18.2 Å². The maximum atomic E-state index is 10.4. The van der Waals surface area contributed by atoms with Gasteiger partial charge in [-0.15, -0.1) is 6.42 Å². The topological polar surface area (TPSA) is 86.3 Å². The van der Waals surface area contributed by atoms with E-state index >= 15 is 0 Å². The molecule has 0 fully saturated rings. The van der Waals surface area contributed by atoms with Crippen LogP contribution in [-0.4, -0.2) is 9.85 Å². The van der Waals surface area contributed by atoms with E-state index in [4.69, 9.17) is 6.42 Å². The maximum Gasteiger partial charge on any atom is 0.347 e. The zero-order valence-electron chi connectivity index (χ0n) is 6.84. The molecule has 6 nitrogen and oxygen atoms in total. The Kier molecular flexibility index (Phi) is 2.44. The van der Waals surface area contributed by atoms with Gasteiger partial charge in [0.05, 0.1) is 9.85 Å². The maximum absolute atomic E-state index is 10.4. The van der Waals surface area contributed by atoms with Crippen LogP contribution in [0.4, 0.5) is 11.4 Å². The van der Waals surface area contributed by atoms with Gasteiger partial charge in [0, 0.05) is 17.7 Å². The number of nitro groups is 2. The van der Waals surface area contributed by atoms with Crippen molar-refractivity contribution < 1.29 is 9.85 Å². The summed E-state index contributed by atoms with van der Waals surface area (Å²) in [6, 6.07) is 3.30. The molecule has 0 atom stereocenters. The van der Waals surface area contributed by atoms with Gasteiger partial charge in [-0.25, -0.2) is 0 Å². The average Bonchev–Trinajstić information content (AvgIpc) is 2.16. The third kappa shape index (κ3) is 1.67. The van der Waals surface area contributed by atoms with Gasteiger partial charge in [0.25, 0.3) is 0 Å². The van der Waals surface area contributed by atoms with Crippen LogP contribution >= 0.6 is 0 Å². The van der Waals surface area contributed by atoms with Crippen LogP contribution in [-0.2, 0) is 0 Å². The second kappa shape index (κ2) is 3.53. The molecule has 0 unspecified atom stereocenters. The highest BCUT2D eigenvalue weighted by atomic mass is 16.6. The van der Waals surface area contributed by atoms with Crippen molar-refractivity contribution in [2.75, 3.05) is 0 Å². The van der Waals surface area contributed by atoms with E-state index in [-0.39, 0.29) is 5.56 Å². The summed E-state index contributed by atoms with van der Waals surface area (Å²) in [6.07, 6.45) is 5.00. The minimum atomic E-state index is -0.834. The second-order valence-electron chi connectivity index (χ2n) is 2.36. The normalized spacial score (nSPS) is 9.07. The molecule has 0 amide bonds. The van der Waals surface area contributed by atoms with Crippen molar-refractivity contribution in [1.82, 2.24) is 0 Å². The molecular weight excluding hydrogens is 188 g/mol. The first-order chi connectivity index (χ1) is 6.56. The number of hydrogen-bond donors (Lipinski definition) is 0. The molecule has 0 radical (unpaired) electrons. The first kappa shape index (κ1) is 9.67. The van der Waals surface area contributed by atoms with E-state index in [2.05, 4.69) is 5.92 Å². The van der Waals surface area contributed by atoms with Crippen LogP contribution in [0, 0.1) is 32.6 Å². The van der Waals surface area contributed by atoms with Crippen LogP contribution in [0.1, 0.15) is 5.56 Å². The number of rotatable bonds is 2. The Morgan fingerprint density at radius 1 is 1.14 bits per heavy atom. The van der Waals surface area contributed by atoms with Crippen LogP contribution < -0.4 is 0 Å². The lowest BCUT2D eigenvalue weighted by atomic mass is 10.2. The van der Waals surface area contributed by atoms with E-state index < -0.39 is 21.2 Å². The van der Waals surface area contributed by atoms with E-state index in [1.54, 1.807) is 0 Å². The average molecular weight is 192 g/mol. The zero-order chi connectivity index (χ0) is 10.7. The van der Waals surface area contributed by atoms with E-state index in [9.17, 15) is 20.2 Å². The van der Waals surface area contributed by atoms with Crippen molar-refractivity contribution >= 4 is 11.4 Å². The highest BCUT2D eigenvalue weighted by molar-refractivity contribution is 5.56. The van der Waals surface area contributed by atoms with Crippen molar-refractivity contribution in [3.05, 3.63) is 44.0 Å². The molecule has 0 saturated carbocycles. The van der Waals surface area contributed by atoms with Crippen molar-refractivity contribution in [3.8, 4) is 12.3 Å². The largest absolute Gasteiger partial charge is 0.347 e. The van der Waals surface area contributed by atoms with Gasteiger partial charge in [0.1, 0.15) is 0 Å². The Bertz CT molecular complexity index is 447. The molecule has 0 aliphatic heterocycles. The molecule has 0 heterocycles. The summed E-state index contributed by atoms with van der Waals surface area (Å²) in [5.74, 6) is 2.16. The summed E-state index contributed by atoms with van der Waals surface area (Å²) in [5, 5.41) is 20.8. The summed E-state index contributed by atoms with van der Waals surface area (Å²) < 4.78 is 0. The van der Waals surface area contributed by atoms with Crippen molar-refractivity contribution in [2.45, 2.75) is 0 Å². The molecule has 0 spiro atoms. The van der Waals surface area contributed by atoms with Gasteiger partial charge in [-0.05, 0) is 6.07 Å². The standard InChI is InChI=1S/C8H4N2O4/c1-2-6-3-4-7(9(11)12)8(5-6)10(13)14/h1,3-5H. The van der Waals surface area contributed by atoms with E-state index in [0.29, 0.717) is 0 Å². The van der Waals surface area contributed by atoms with Gasteiger partial charge in [-0.3, -0.25) is 20.2 Å². The Labute approximate surface area is 78.5 Å². The third-order valence-corrected chi connectivity index (χ3v) is 1.54. The molecule has 70 valence electrons. The molecule has 0 aromatic heterocycles. The summed E-state index contributed by atoms with van der Waals surface area (Å²) in [4.78, 5) is 19.1. The highest BCUT2D eigenvalue weighted by Gasteiger charge is 2.23. The zero-order valence-corrected chi connectivity index (χ0v) is 6.84. The van der Waals surface area contributed by atoms with Crippen molar-refractivity contribution in [3.63, 3.8) is 0 Å². The van der Waals surface area contributed by atoms with Crippen LogP contribution in [0.25, 0.3) is 0 Å². The molecular formula is C8H4N2O4. The molecule has 0 N–H and O–H groups in total. The van der Waals surface area contributed by atoms with Crippen LogP contribution in [0.5, 0.6) is 0 Å². The Hall–Kier alpha value is -2.42. The molecule has 1 aromatic rings. The Morgan fingerprint density at radius 3 is 2.14 bits per heavy atom. The predicted molar refractivity (Wildman–Crippen MR) is 47.7 cm³/mol. The molecule has 0 aliphatic carbocycles.